The third kappa shape index (κ3) is 5.23. The zero-order valence-electron chi connectivity index (χ0n) is 18.9. The van der Waals surface area contributed by atoms with Gasteiger partial charge in [0.15, 0.2) is 11.5 Å². The number of halogens is 1. The Morgan fingerprint density at radius 1 is 0.972 bits per heavy atom. The molecule has 1 amide bonds. The average Bonchev–Trinajstić information content (AvgIpc) is 3.32. The van der Waals surface area contributed by atoms with Gasteiger partial charge in [-0.3, -0.25) is 14.2 Å². The number of ether oxygens (including phenoxy) is 1. The Morgan fingerprint density at radius 2 is 1.78 bits per heavy atom. The van der Waals surface area contributed by atoms with Gasteiger partial charge in [-0.15, -0.1) is 15.3 Å². The zero-order chi connectivity index (χ0) is 24.9. The van der Waals surface area contributed by atoms with Gasteiger partial charge in [0.25, 0.3) is 5.56 Å². The van der Waals surface area contributed by atoms with Crippen LogP contribution in [0.3, 0.4) is 0 Å². The lowest BCUT2D eigenvalue weighted by atomic mass is 10.1. The van der Waals surface area contributed by atoms with Gasteiger partial charge in [-0.05, 0) is 18.2 Å². The molecule has 3 aromatic heterocycles. The smallest absolute Gasteiger partial charge is 0.254 e. The second kappa shape index (κ2) is 10.4. The van der Waals surface area contributed by atoms with E-state index in [1.54, 1.807) is 40.9 Å². The number of nitrogens with one attached hydrogen (secondary N) is 1. The number of carbonyl (C=O) groups excluding carboxylic acids is 1. The second-order valence-corrected chi connectivity index (χ2v) is 8.21. The number of fused-ring (bicyclic) bond motifs is 1. The van der Waals surface area contributed by atoms with Crippen molar-refractivity contribution in [1.82, 2.24) is 34.7 Å². The number of benzene rings is 2. The van der Waals surface area contributed by atoms with E-state index in [4.69, 9.17) is 16.3 Å². The van der Waals surface area contributed by atoms with Crippen LogP contribution in [0.5, 0.6) is 5.88 Å². The van der Waals surface area contributed by atoms with E-state index in [2.05, 4.69) is 25.6 Å². The Hall–Kier alpha value is -4.57. The van der Waals surface area contributed by atoms with Crippen molar-refractivity contribution in [3.05, 3.63) is 94.5 Å². The Kier molecular flexibility index (Phi) is 6.67. The molecule has 0 bridgehead atoms. The van der Waals surface area contributed by atoms with Gasteiger partial charge in [0.2, 0.25) is 11.8 Å². The highest BCUT2D eigenvalue weighted by Gasteiger charge is 2.11. The Balaban J connectivity index is 1.15. The largest absolute Gasteiger partial charge is 0.475 e. The summed E-state index contributed by atoms with van der Waals surface area (Å²) in [6.07, 6.45) is 1.35. The molecule has 0 fully saturated rings. The minimum Gasteiger partial charge on any atom is -0.475 e. The fraction of sp³-hybridized carbons (Fsp3) is 0.120. The molecule has 0 aliphatic rings. The summed E-state index contributed by atoms with van der Waals surface area (Å²) in [4.78, 5) is 29.0. The molecule has 0 saturated carbocycles. The van der Waals surface area contributed by atoms with Crippen LogP contribution in [-0.2, 0) is 11.3 Å². The number of carbonyl (C=O) groups is 1. The highest BCUT2D eigenvalue weighted by Crippen LogP contribution is 2.19. The van der Waals surface area contributed by atoms with Crippen LogP contribution in [-0.4, -0.2) is 48.4 Å². The summed E-state index contributed by atoms with van der Waals surface area (Å²) in [6, 6.07) is 21.4. The monoisotopic (exact) mass is 501 g/mol. The van der Waals surface area contributed by atoms with Gasteiger partial charge in [-0.2, -0.15) is 4.52 Å². The van der Waals surface area contributed by atoms with Crippen LogP contribution in [0.15, 0.2) is 83.9 Å². The lowest BCUT2D eigenvalue weighted by Gasteiger charge is -2.09. The first-order valence-corrected chi connectivity index (χ1v) is 11.4. The summed E-state index contributed by atoms with van der Waals surface area (Å²) in [5.74, 6) is 0.632. The predicted octanol–water partition coefficient (Wildman–Crippen LogP) is 2.86. The molecule has 11 heteroatoms. The molecule has 0 aliphatic carbocycles. The van der Waals surface area contributed by atoms with Crippen molar-refractivity contribution in [2.24, 2.45) is 0 Å². The maximum absolute atomic E-state index is 12.4. The van der Waals surface area contributed by atoms with Crippen molar-refractivity contribution in [3.8, 4) is 28.5 Å². The van der Waals surface area contributed by atoms with Gasteiger partial charge in [0, 0.05) is 28.3 Å². The molecule has 0 atom stereocenters. The molecule has 0 saturated heterocycles. The normalized spacial score (nSPS) is 10.9. The van der Waals surface area contributed by atoms with Crippen LogP contribution in [0, 0.1) is 0 Å². The van der Waals surface area contributed by atoms with Gasteiger partial charge in [-0.1, -0.05) is 54.1 Å². The molecule has 0 aliphatic heterocycles. The number of nitrogens with zero attached hydrogens (tertiary/aromatic N) is 6. The van der Waals surface area contributed by atoms with Crippen LogP contribution >= 0.6 is 11.6 Å². The van der Waals surface area contributed by atoms with Crippen molar-refractivity contribution in [1.29, 1.82) is 0 Å². The van der Waals surface area contributed by atoms with Crippen molar-refractivity contribution in [2.45, 2.75) is 6.54 Å². The quantitative estimate of drug-likeness (QED) is 0.325. The Labute approximate surface area is 210 Å². The van der Waals surface area contributed by atoms with Crippen LogP contribution < -0.4 is 15.6 Å². The molecule has 180 valence electrons. The molecule has 36 heavy (non-hydrogen) atoms. The molecule has 2 aromatic carbocycles. The highest BCUT2D eigenvalue weighted by atomic mass is 35.5. The van der Waals surface area contributed by atoms with Crippen LogP contribution in [0.25, 0.3) is 28.3 Å². The van der Waals surface area contributed by atoms with Crippen molar-refractivity contribution >= 4 is 23.2 Å². The number of aromatic nitrogens is 6. The standard InChI is InChI=1S/C25H20ClN7O3/c26-19-8-6-17(7-9-19)20-14-24(35)32(16-28-20)15-22(34)27-12-13-36-23-11-10-21-29-30-25(33(21)31-23)18-4-2-1-3-5-18/h1-11,14,16H,12-13,15H2,(H,27,34). The molecule has 3 heterocycles. The first-order valence-electron chi connectivity index (χ1n) is 11.1. The number of rotatable bonds is 8. The second-order valence-electron chi connectivity index (χ2n) is 7.78. The zero-order valence-corrected chi connectivity index (χ0v) is 19.7. The fourth-order valence-corrected chi connectivity index (χ4v) is 3.62. The molecule has 5 aromatic rings. The Bertz CT molecular complexity index is 1570. The molecule has 10 nitrogen and oxygen atoms in total. The van der Waals surface area contributed by atoms with Crippen LogP contribution in [0.1, 0.15) is 0 Å². The fourth-order valence-electron chi connectivity index (χ4n) is 3.50. The molecular weight excluding hydrogens is 482 g/mol. The van der Waals surface area contributed by atoms with E-state index < -0.39 is 0 Å². The van der Waals surface area contributed by atoms with E-state index in [1.165, 1.54) is 17.0 Å². The third-order valence-electron chi connectivity index (χ3n) is 5.28. The van der Waals surface area contributed by atoms with Crippen LogP contribution in [0.2, 0.25) is 5.02 Å². The van der Waals surface area contributed by atoms with Gasteiger partial charge < -0.3 is 10.1 Å². The van der Waals surface area contributed by atoms with E-state index in [1.807, 2.05) is 30.3 Å². The predicted molar refractivity (Wildman–Crippen MR) is 134 cm³/mol. The van der Waals surface area contributed by atoms with Gasteiger partial charge in [-0.25, -0.2) is 4.98 Å². The van der Waals surface area contributed by atoms with Crippen molar-refractivity contribution in [2.75, 3.05) is 13.2 Å². The third-order valence-corrected chi connectivity index (χ3v) is 5.53. The van der Waals surface area contributed by atoms with Gasteiger partial charge in [0.1, 0.15) is 13.2 Å². The Morgan fingerprint density at radius 3 is 2.56 bits per heavy atom. The topological polar surface area (TPSA) is 116 Å². The van der Waals surface area contributed by atoms with E-state index in [0.717, 1.165) is 11.1 Å². The van der Waals surface area contributed by atoms with E-state index in [-0.39, 0.29) is 31.2 Å². The maximum atomic E-state index is 12.4. The van der Waals surface area contributed by atoms with Crippen molar-refractivity contribution in [3.63, 3.8) is 0 Å². The minimum absolute atomic E-state index is 0.155. The van der Waals surface area contributed by atoms with Gasteiger partial charge >= 0.3 is 0 Å². The van der Waals surface area contributed by atoms with E-state index in [0.29, 0.717) is 28.1 Å². The maximum Gasteiger partial charge on any atom is 0.254 e. The molecule has 0 radical (unpaired) electrons. The lowest BCUT2D eigenvalue weighted by Crippen LogP contribution is -2.34. The molecule has 0 unspecified atom stereocenters. The molecule has 5 rings (SSSR count). The molecular formula is C25H20ClN7O3. The highest BCUT2D eigenvalue weighted by molar-refractivity contribution is 6.30. The first kappa shape index (κ1) is 23.2. The lowest BCUT2D eigenvalue weighted by molar-refractivity contribution is -0.121. The first-order chi connectivity index (χ1) is 17.6. The number of amides is 1. The number of hydrogen-bond acceptors (Lipinski definition) is 7. The van der Waals surface area contributed by atoms with E-state index >= 15 is 0 Å². The summed E-state index contributed by atoms with van der Waals surface area (Å²) >= 11 is 5.90. The summed E-state index contributed by atoms with van der Waals surface area (Å²) in [7, 11) is 0. The van der Waals surface area contributed by atoms with E-state index in [9.17, 15) is 9.59 Å². The SMILES string of the molecule is O=C(Cn1cnc(-c2ccc(Cl)cc2)cc1=O)NCCOc1ccc2nnc(-c3ccccc3)n2n1. The average molecular weight is 502 g/mol. The minimum atomic E-state index is -0.338. The van der Waals surface area contributed by atoms with Crippen LogP contribution in [0.4, 0.5) is 0 Å². The summed E-state index contributed by atoms with van der Waals surface area (Å²) in [5, 5.41) is 16.1. The van der Waals surface area contributed by atoms with Crippen molar-refractivity contribution < 1.29 is 9.53 Å². The summed E-state index contributed by atoms with van der Waals surface area (Å²) in [6.45, 7) is 0.269. The summed E-state index contributed by atoms with van der Waals surface area (Å²) < 4.78 is 8.53. The molecule has 1 N–H and O–H groups in total. The number of hydrogen-bond donors (Lipinski definition) is 1. The summed E-state index contributed by atoms with van der Waals surface area (Å²) in [5.41, 5.74) is 2.42. The molecule has 0 spiro atoms. The van der Waals surface area contributed by atoms with Gasteiger partial charge in [0.05, 0.1) is 18.6 Å².